The predicted molar refractivity (Wildman–Crippen MR) is 258 cm³/mol. The van der Waals surface area contributed by atoms with Gasteiger partial charge in [-0.3, -0.25) is 0 Å². The Morgan fingerprint density at radius 3 is 1.33 bits per heavy atom. The Kier molecular flexibility index (Phi) is 9.02. The minimum atomic E-state index is -0.410. The first-order chi connectivity index (χ1) is 30.1. The lowest BCUT2D eigenvalue weighted by atomic mass is 9.73. The Morgan fingerprint density at radius 2 is 0.754 bits per heavy atom. The molecule has 1 nitrogen and oxygen atoms in total. The first kappa shape index (κ1) is 36.3. The van der Waals surface area contributed by atoms with Crippen LogP contribution in [0.3, 0.4) is 0 Å². The standard InChI is InChI=1S/C60H43N/c1-60(50-31-24-45(25-32-50)42-14-5-2-6-15-42)58-39-30-49(55-23-13-21-48-20-11-12-22-54(48)55)40-57(58)56-38-37-53(41-59(56)60)61(51-33-26-46(27-34-51)43-16-7-3-8-17-43)52-35-28-47(29-36-52)44-18-9-4-10-19-44/h2-41H,1H3. The SMILES string of the molecule is CC1(c2ccc(-c3ccccc3)cc2)c2ccc(-c3cccc4ccccc34)cc2-c2ccc(N(c3ccc(-c4ccccc4)cc3)c3ccc(-c4ccccc4)cc3)cc21. The van der Waals surface area contributed by atoms with E-state index in [-0.39, 0.29) is 0 Å². The summed E-state index contributed by atoms with van der Waals surface area (Å²) in [6, 6.07) is 88.8. The van der Waals surface area contributed by atoms with E-state index in [1.807, 2.05) is 0 Å². The molecule has 11 rings (SSSR count). The van der Waals surface area contributed by atoms with Gasteiger partial charge in [-0.05, 0) is 132 Å². The molecule has 0 heterocycles. The molecule has 0 saturated heterocycles. The smallest absolute Gasteiger partial charge is 0.0465 e. The summed E-state index contributed by atoms with van der Waals surface area (Å²) in [7, 11) is 0. The average Bonchev–Trinajstić information content (AvgIpc) is 3.60. The maximum absolute atomic E-state index is 2.45. The third kappa shape index (κ3) is 6.43. The van der Waals surface area contributed by atoms with Gasteiger partial charge in [0.25, 0.3) is 0 Å². The van der Waals surface area contributed by atoms with Crippen molar-refractivity contribution in [2.24, 2.45) is 0 Å². The van der Waals surface area contributed by atoms with E-state index >= 15 is 0 Å². The molecule has 0 spiro atoms. The average molecular weight is 778 g/mol. The van der Waals surface area contributed by atoms with Crippen molar-refractivity contribution in [3.8, 4) is 55.6 Å². The number of anilines is 3. The molecule has 0 N–H and O–H groups in total. The van der Waals surface area contributed by atoms with Gasteiger partial charge in [0.05, 0.1) is 0 Å². The van der Waals surface area contributed by atoms with E-state index in [0.29, 0.717) is 0 Å². The molecule has 1 unspecified atom stereocenters. The zero-order chi connectivity index (χ0) is 40.8. The van der Waals surface area contributed by atoms with Crippen molar-refractivity contribution in [1.29, 1.82) is 0 Å². The van der Waals surface area contributed by atoms with Gasteiger partial charge in [0, 0.05) is 22.5 Å². The second-order valence-electron chi connectivity index (χ2n) is 16.2. The molecule has 0 aromatic heterocycles. The number of hydrogen-bond donors (Lipinski definition) is 0. The highest BCUT2D eigenvalue weighted by atomic mass is 15.1. The van der Waals surface area contributed by atoms with E-state index in [2.05, 4.69) is 254 Å². The maximum atomic E-state index is 2.45. The highest BCUT2D eigenvalue weighted by Crippen LogP contribution is 2.55. The van der Waals surface area contributed by atoms with Gasteiger partial charge in [0.15, 0.2) is 0 Å². The molecule has 61 heavy (non-hydrogen) atoms. The number of benzene rings is 10. The summed E-state index contributed by atoms with van der Waals surface area (Å²) >= 11 is 0. The van der Waals surface area contributed by atoms with Gasteiger partial charge in [-0.1, -0.05) is 200 Å². The fraction of sp³-hybridized carbons (Fsp3) is 0.0333. The molecule has 0 radical (unpaired) electrons. The molecule has 10 aromatic rings. The van der Waals surface area contributed by atoms with Crippen molar-refractivity contribution in [1.82, 2.24) is 0 Å². The molecule has 1 aliphatic carbocycles. The molecule has 0 fully saturated rings. The van der Waals surface area contributed by atoms with Crippen LogP contribution >= 0.6 is 0 Å². The Morgan fingerprint density at radius 1 is 0.295 bits per heavy atom. The first-order valence-electron chi connectivity index (χ1n) is 21.2. The normalized spacial score (nSPS) is 14.0. The molecule has 1 heteroatoms. The van der Waals surface area contributed by atoms with Crippen LogP contribution in [0.25, 0.3) is 66.4 Å². The number of fused-ring (bicyclic) bond motifs is 4. The molecule has 0 saturated carbocycles. The van der Waals surface area contributed by atoms with Gasteiger partial charge in [-0.15, -0.1) is 0 Å². The van der Waals surface area contributed by atoms with E-state index in [1.165, 1.54) is 83.1 Å². The minimum Gasteiger partial charge on any atom is -0.310 e. The number of hydrogen-bond acceptors (Lipinski definition) is 1. The van der Waals surface area contributed by atoms with E-state index in [1.54, 1.807) is 0 Å². The lowest BCUT2D eigenvalue weighted by Crippen LogP contribution is -2.23. The van der Waals surface area contributed by atoms with Crippen molar-refractivity contribution >= 4 is 27.8 Å². The third-order valence-electron chi connectivity index (χ3n) is 12.8. The topological polar surface area (TPSA) is 3.24 Å². The van der Waals surface area contributed by atoms with E-state index in [0.717, 1.165) is 17.1 Å². The molecule has 0 amide bonds. The summed E-state index contributed by atoms with van der Waals surface area (Å²) < 4.78 is 0. The Hall–Kier alpha value is -7.74. The number of rotatable bonds is 8. The lowest BCUT2D eigenvalue weighted by Gasteiger charge is -2.31. The fourth-order valence-corrected chi connectivity index (χ4v) is 9.56. The van der Waals surface area contributed by atoms with Crippen molar-refractivity contribution < 1.29 is 0 Å². The van der Waals surface area contributed by atoms with Gasteiger partial charge < -0.3 is 4.90 Å². The zero-order valence-electron chi connectivity index (χ0n) is 34.0. The van der Waals surface area contributed by atoms with Crippen LogP contribution in [0.2, 0.25) is 0 Å². The summed E-state index contributed by atoms with van der Waals surface area (Å²) in [5.41, 5.74) is 19.1. The Bertz CT molecular complexity index is 3060. The summed E-state index contributed by atoms with van der Waals surface area (Å²) in [4.78, 5) is 2.41. The first-order valence-corrected chi connectivity index (χ1v) is 21.2. The number of nitrogens with zero attached hydrogens (tertiary/aromatic N) is 1. The van der Waals surface area contributed by atoms with E-state index in [4.69, 9.17) is 0 Å². The lowest BCUT2D eigenvalue weighted by molar-refractivity contribution is 0.714. The van der Waals surface area contributed by atoms with Crippen LogP contribution in [0.5, 0.6) is 0 Å². The van der Waals surface area contributed by atoms with Crippen molar-refractivity contribution in [2.75, 3.05) is 4.90 Å². The molecule has 10 aromatic carbocycles. The Labute approximate surface area is 358 Å². The molecular formula is C60H43N. The third-order valence-corrected chi connectivity index (χ3v) is 12.8. The van der Waals surface area contributed by atoms with Gasteiger partial charge in [-0.2, -0.15) is 0 Å². The summed E-state index contributed by atoms with van der Waals surface area (Å²) in [5.74, 6) is 0. The van der Waals surface area contributed by atoms with Crippen LogP contribution in [-0.4, -0.2) is 0 Å². The van der Waals surface area contributed by atoms with Crippen LogP contribution in [-0.2, 0) is 5.41 Å². The highest BCUT2D eigenvalue weighted by Gasteiger charge is 2.41. The zero-order valence-corrected chi connectivity index (χ0v) is 34.0. The maximum Gasteiger partial charge on any atom is 0.0465 e. The quantitative estimate of drug-likeness (QED) is 0.149. The summed E-state index contributed by atoms with van der Waals surface area (Å²) in [5, 5.41) is 2.52. The van der Waals surface area contributed by atoms with Crippen molar-refractivity contribution in [2.45, 2.75) is 12.3 Å². The van der Waals surface area contributed by atoms with Crippen LogP contribution in [0, 0.1) is 0 Å². The van der Waals surface area contributed by atoms with Crippen molar-refractivity contribution in [3.05, 3.63) is 259 Å². The molecule has 1 aliphatic rings. The van der Waals surface area contributed by atoms with Gasteiger partial charge in [-0.25, -0.2) is 0 Å². The van der Waals surface area contributed by atoms with Crippen LogP contribution < -0.4 is 4.90 Å². The van der Waals surface area contributed by atoms with Crippen LogP contribution in [0.15, 0.2) is 243 Å². The van der Waals surface area contributed by atoms with Gasteiger partial charge >= 0.3 is 0 Å². The summed E-state index contributed by atoms with van der Waals surface area (Å²) in [6.07, 6.45) is 0. The summed E-state index contributed by atoms with van der Waals surface area (Å²) in [6.45, 7) is 2.42. The van der Waals surface area contributed by atoms with E-state index in [9.17, 15) is 0 Å². The molecule has 288 valence electrons. The largest absolute Gasteiger partial charge is 0.310 e. The molecular weight excluding hydrogens is 735 g/mol. The predicted octanol–water partition coefficient (Wildman–Crippen LogP) is 16.3. The van der Waals surface area contributed by atoms with E-state index < -0.39 is 5.41 Å². The fourth-order valence-electron chi connectivity index (χ4n) is 9.56. The second kappa shape index (κ2) is 15.1. The highest BCUT2D eigenvalue weighted by molar-refractivity contribution is 5.98. The Balaban J connectivity index is 1.08. The second-order valence-corrected chi connectivity index (χ2v) is 16.2. The van der Waals surface area contributed by atoms with Crippen LogP contribution in [0.1, 0.15) is 23.6 Å². The van der Waals surface area contributed by atoms with Gasteiger partial charge in [0.1, 0.15) is 0 Å². The van der Waals surface area contributed by atoms with Crippen LogP contribution in [0.4, 0.5) is 17.1 Å². The molecule has 0 aliphatic heterocycles. The van der Waals surface area contributed by atoms with Crippen molar-refractivity contribution in [3.63, 3.8) is 0 Å². The molecule has 0 bridgehead atoms. The van der Waals surface area contributed by atoms with Gasteiger partial charge in [0.2, 0.25) is 0 Å². The monoisotopic (exact) mass is 777 g/mol. The molecule has 1 atom stereocenters. The minimum absolute atomic E-state index is 0.410.